The number of amides is 1. The molecule has 0 bridgehead atoms. The predicted octanol–water partition coefficient (Wildman–Crippen LogP) is 8.60. The molecule has 8 heteroatoms. The third-order valence-corrected chi connectivity index (χ3v) is 8.76. The molecule has 0 saturated heterocycles. The summed E-state index contributed by atoms with van der Waals surface area (Å²) in [6.45, 7) is 4.39. The van der Waals surface area contributed by atoms with Gasteiger partial charge in [-0.2, -0.15) is 8.42 Å². The van der Waals surface area contributed by atoms with Crippen molar-refractivity contribution in [3.8, 4) is 0 Å². The Kier molecular flexibility index (Phi) is 28.7. The first-order chi connectivity index (χ1) is 20.7. The molecule has 7 nitrogen and oxygen atoms in total. The molecule has 3 atom stereocenters. The van der Waals surface area contributed by atoms with E-state index in [1.807, 2.05) is 0 Å². The van der Waals surface area contributed by atoms with Crippen LogP contribution in [0.15, 0.2) is 24.3 Å². The van der Waals surface area contributed by atoms with Crippen molar-refractivity contribution in [1.29, 1.82) is 0 Å². The van der Waals surface area contributed by atoms with Gasteiger partial charge < -0.3 is 15.5 Å². The van der Waals surface area contributed by atoms with Crippen molar-refractivity contribution in [2.24, 2.45) is 0 Å². The predicted molar refractivity (Wildman–Crippen MR) is 181 cm³/mol. The van der Waals surface area contributed by atoms with Crippen molar-refractivity contribution >= 4 is 16.0 Å². The second-order valence-electron chi connectivity index (χ2n) is 12.3. The van der Waals surface area contributed by atoms with Gasteiger partial charge in [0.05, 0.1) is 17.9 Å². The molecule has 0 rings (SSSR count). The topological polar surface area (TPSA) is 124 Å². The van der Waals surface area contributed by atoms with E-state index < -0.39 is 40.0 Å². The summed E-state index contributed by atoms with van der Waals surface area (Å²) in [6.07, 6.45) is 32.8. The zero-order chi connectivity index (χ0) is 32.0. The quantitative estimate of drug-likeness (QED) is 0.0346. The van der Waals surface area contributed by atoms with Crippen LogP contribution < -0.4 is 5.32 Å². The van der Waals surface area contributed by atoms with Crippen LogP contribution in [0.5, 0.6) is 0 Å². The number of aliphatic hydroxyl groups is 2. The number of carbonyl (C=O) groups excluding carboxylic acids is 1. The summed E-state index contributed by atoms with van der Waals surface area (Å²) in [5.74, 6) is -1.55. The number of allylic oxidation sites excluding steroid dienone is 3. The molecule has 0 aliphatic carbocycles. The van der Waals surface area contributed by atoms with Gasteiger partial charge in [0.1, 0.15) is 6.10 Å². The van der Waals surface area contributed by atoms with Gasteiger partial charge in [0.2, 0.25) is 5.91 Å². The maximum Gasteiger partial charge on any atom is 0.267 e. The van der Waals surface area contributed by atoms with Gasteiger partial charge in [0.25, 0.3) is 10.1 Å². The highest BCUT2D eigenvalue weighted by Gasteiger charge is 2.27. The smallest absolute Gasteiger partial charge is 0.267 e. The third-order valence-electron chi connectivity index (χ3n) is 7.98. The molecule has 254 valence electrons. The molecule has 0 aliphatic heterocycles. The number of nitrogens with one attached hydrogen (secondary N) is 1. The van der Waals surface area contributed by atoms with E-state index in [0.717, 1.165) is 57.8 Å². The van der Waals surface area contributed by atoms with Crippen molar-refractivity contribution in [1.82, 2.24) is 5.32 Å². The molecule has 0 aromatic heterocycles. The molecule has 0 spiro atoms. The van der Waals surface area contributed by atoms with Gasteiger partial charge in [0.15, 0.2) is 0 Å². The van der Waals surface area contributed by atoms with Crippen LogP contribution in [0.4, 0.5) is 0 Å². The molecule has 0 aromatic rings. The number of unbranched alkanes of at least 4 members (excludes halogenated alkanes) is 20. The zero-order valence-corrected chi connectivity index (χ0v) is 28.5. The number of rotatable bonds is 31. The minimum atomic E-state index is -4.42. The van der Waals surface area contributed by atoms with E-state index in [0.29, 0.717) is 6.42 Å². The van der Waals surface area contributed by atoms with Gasteiger partial charge >= 0.3 is 0 Å². The first-order valence-electron chi connectivity index (χ1n) is 17.6. The Morgan fingerprint density at radius 2 is 1.02 bits per heavy atom. The van der Waals surface area contributed by atoms with Crippen LogP contribution in [0.25, 0.3) is 0 Å². The average molecular weight is 630 g/mol. The first kappa shape index (κ1) is 41.8. The number of aliphatic hydroxyl groups excluding tert-OH is 2. The standard InChI is InChI=1S/C35H67NO6S/c1-3-5-7-9-11-12-13-14-15-16-17-18-19-20-21-22-23-24-26-28-30-34(38)35(39)36-32(31-43(40,41)42)33(37)29-27-25-10-8-6-4-2/h18-19,27,29,32-34,37-38H,3-17,20-26,28,30-31H2,1-2H3,(H,36,39)(H,40,41,42)/b19-18-,29-27+. The minimum absolute atomic E-state index is 0.273. The van der Waals surface area contributed by atoms with Gasteiger partial charge in [-0.05, 0) is 44.9 Å². The fourth-order valence-corrected chi connectivity index (χ4v) is 5.95. The summed E-state index contributed by atoms with van der Waals surface area (Å²) in [7, 11) is -4.42. The molecule has 0 fully saturated rings. The second-order valence-corrected chi connectivity index (χ2v) is 13.8. The van der Waals surface area contributed by atoms with E-state index in [9.17, 15) is 28.0 Å². The molecule has 0 aromatic carbocycles. The number of carbonyl (C=O) groups is 1. The van der Waals surface area contributed by atoms with Crippen LogP contribution in [-0.2, 0) is 14.9 Å². The summed E-state index contributed by atoms with van der Waals surface area (Å²) in [4.78, 5) is 12.4. The highest BCUT2D eigenvalue weighted by atomic mass is 32.2. The summed E-state index contributed by atoms with van der Waals surface area (Å²) < 4.78 is 32.1. The van der Waals surface area contributed by atoms with Crippen molar-refractivity contribution in [3.05, 3.63) is 24.3 Å². The van der Waals surface area contributed by atoms with Crippen LogP contribution >= 0.6 is 0 Å². The SMILES string of the molecule is CCCCCC/C=C/C(O)C(CS(=O)(=O)O)NC(=O)C(O)CCCCCCCC/C=C\CCCCCCCCCCCC. The Hall–Kier alpha value is -1.22. The van der Waals surface area contributed by atoms with Crippen LogP contribution in [-0.4, -0.2) is 53.1 Å². The van der Waals surface area contributed by atoms with Crippen LogP contribution in [0.1, 0.15) is 168 Å². The molecule has 0 heterocycles. The van der Waals surface area contributed by atoms with Crippen molar-refractivity contribution in [2.75, 3.05) is 5.75 Å². The highest BCUT2D eigenvalue weighted by molar-refractivity contribution is 7.85. The first-order valence-corrected chi connectivity index (χ1v) is 19.3. The zero-order valence-electron chi connectivity index (χ0n) is 27.7. The molecule has 3 unspecified atom stereocenters. The normalized spacial score (nSPS) is 14.4. The van der Waals surface area contributed by atoms with Gasteiger partial charge in [-0.15, -0.1) is 0 Å². The molecular weight excluding hydrogens is 562 g/mol. The number of hydrogen-bond acceptors (Lipinski definition) is 5. The summed E-state index contributed by atoms with van der Waals surface area (Å²) in [6, 6.07) is -1.23. The monoisotopic (exact) mass is 629 g/mol. The Morgan fingerprint density at radius 3 is 1.49 bits per heavy atom. The Bertz CT molecular complexity index is 798. The molecular formula is C35H67NO6S. The third kappa shape index (κ3) is 29.3. The van der Waals surface area contributed by atoms with Gasteiger partial charge in [-0.1, -0.05) is 147 Å². The maximum atomic E-state index is 12.4. The Balaban J connectivity index is 3.93. The van der Waals surface area contributed by atoms with Gasteiger partial charge in [-0.25, -0.2) is 0 Å². The van der Waals surface area contributed by atoms with E-state index in [4.69, 9.17) is 0 Å². The lowest BCUT2D eigenvalue weighted by Crippen LogP contribution is -2.50. The van der Waals surface area contributed by atoms with Crippen LogP contribution in [0, 0.1) is 0 Å². The molecule has 0 aliphatic rings. The van der Waals surface area contributed by atoms with E-state index in [1.54, 1.807) is 6.08 Å². The Morgan fingerprint density at radius 1 is 0.628 bits per heavy atom. The average Bonchev–Trinajstić information content (AvgIpc) is 2.96. The molecule has 0 radical (unpaired) electrons. The minimum Gasteiger partial charge on any atom is -0.387 e. The fraction of sp³-hybridized carbons (Fsp3) is 0.857. The largest absolute Gasteiger partial charge is 0.387 e. The van der Waals surface area contributed by atoms with Gasteiger partial charge in [0, 0.05) is 0 Å². The van der Waals surface area contributed by atoms with E-state index in [-0.39, 0.29) is 6.42 Å². The van der Waals surface area contributed by atoms with E-state index in [1.165, 1.54) is 89.5 Å². The highest BCUT2D eigenvalue weighted by Crippen LogP contribution is 2.13. The summed E-state index contributed by atoms with van der Waals surface area (Å²) in [5.41, 5.74) is 0. The van der Waals surface area contributed by atoms with Crippen LogP contribution in [0.2, 0.25) is 0 Å². The molecule has 43 heavy (non-hydrogen) atoms. The van der Waals surface area contributed by atoms with Crippen molar-refractivity contribution in [2.45, 2.75) is 186 Å². The molecule has 1 amide bonds. The fourth-order valence-electron chi connectivity index (χ4n) is 5.21. The van der Waals surface area contributed by atoms with Crippen LogP contribution in [0.3, 0.4) is 0 Å². The van der Waals surface area contributed by atoms with Gasteiger partial charge in [-0.3, -0.25) is 9.35 Å². The second kappa shape index (κ2) is 29.5. The maximum absolute atomic E-state index is 12.4. The molecule has 4 N–H and O–H groups in total. The summed E-state index contributed by atoms with van der Waals surface area (Å²) in [5, 5.41) is 23.1. The lowest BCUT2D eigenvalue weighted by Gasteiger charge is -2.22. The van der Waals surface area contributed by atoms with E-state index in [2.05, 4.69) is 31.3 Å². The van der Waals surface area contributed by atoms with E-state index >= 15 is 0 Å². The molecule has 0 saturated carbocycles. The van der Waals surface area contributed by atoms with Crippen molar-refractivity contribution < 1.29 is 28.0 Å². The van der Waals surface area contributed by atoms with Crippen molar-refractivity contribution in [3.63, 3.8) is 0 Å². The lowest BCUT2D eigenvalue weighted by molar-refractivity contribution is -0.130. The lowest BCUT2D eigenvalue weighted by atomic mass is 10.0. The Labute approximate surface area is 265 Å². The number of hydrogen-bond donors (Lipinski definition) is 4. The summed E-state index contributed by atoms with van der Waals surface area (Å²) >= 11 is 0.